The molecule has 1 fully saturated rings. The average Bonchev–Trinajstić information content (AvgIpc) is 2.80. The normalized spacial score (nSPS) is 15.0. The van der Waals surface area contributed by atoms with Gasteiger partial charge in [-0.15, -0.1) is 0 Å². The Hall–Kier alpha value is -2.77. The highest BCUT2D eigenvalue weighted by molar-refractivity contribution is 6.59. The van der Waals surface area contributed by atoms with E-state index in [1.165, 1.54) is 61.2 Å². The van der Waals surface area contributed by atoms with Crippen molar-refractivity contribution in [1.82, 2.24) is 0 Å². The van der Waals surface area contributed by atoms with Crippen LogP contribution in [-0.2, 0) is 0 Å². The van der Waals surface area contributed by atoms with E-state index in [1.54, 1.807) is 18.2 Å². The van der Waals surface area contributed by atoms with Gasteiger partial charge >= 0.3 is 0 Å². The van der Waals surface area contributed by atoms with Crippen molar-refractivity contribution in [1.29, 1.82) is 5.26 Å². The number of nitriles is 1. The predicted octanol–water partition coefficient (Wildman–Crippen LogP) is 7.95. The summed E-state index contributed by atoms with van der Waals surface area (Å²) in [6, 6.07) is 23.5. The van der Waals surface area contributed by atoms with Crippen molar-refractivity contribution in [3.63, 3.8) is 0 Å². The fraction of sp³-hybridized carbons (Fsp3) is 0.296. The molecule has 31 heavy (non-hydrogen) atoms. The van der Waals surface area contributed by atoms with Crippen molar-refractivity contribution in [3.8, 4) is 28.3 Å². The highest BCUT2D eigenvalue weighted by Crippen LogP contribution is 2.40. The monoisotopic (exact) mass is 430 g/mol. The fourth-order valence-corrected chi connectivity index (χ4v) is 7.68. The first-order valence-corrected chi connectivity index (χ1v) is 13.1. The molecular formula is C27H26F2NSi. The molecule has 0 saturated carbocycles. The molecule has 1 radical (unpaired) electrons. The van der Waals surface area contributed by atoms with Crippen LogP contribution in [-0.4, -0.2) is 8.80 Å². The Labute approximate surface area is 185 Å². The molecule has 157 valence electrons. The van der Waals surface area contributed by atoms with Gasteiger partial charge in [0.25, 0.3) is 0 Å². The van der Waals surface area contributed by atoms with Crippen molar-refractivity contribution in [2.45, 2.75) is 50.2 Å². The van der Waals surface area contributed by atoms with E-state index in [-0.39, 0.29) is 20.2 Å². The van der Waals surface area contributed by atoms with Crippen molar-refractivity contribution < 1.29 is 8.78 Å². The first-order chi connectivity index (χ1) is 15.1. The van der Waals surface area contributed by atoms with E-state index in [0.717, 1.165) is 11.1 Å². The van der Waals surface area contributed by atoms with Gasteiger partial charge in [-0.3, -0.25) is 0 Å². The zero-order valence-corrected chi connectivity index (χ0v) is 18.8. The number of benzene rings is 3. The lowest BCUT2D eigenvalue weighted by Crippen LogP contribution is -2.20. The van der Waals surface area contributed by atoms with Crippen LogP contribution in [0.2, 0.25) is 18.1 Å². The summed E-state index contributed by atoms with van der Waals surface area (Å²) < 4.78 is 29.1. The zero-order valence-electron chi connectivity index (χ0n) is 17.8. The summed E-state index contributed by atoms with van der Waals surface area (Å²) >= 11 is 0. The zero-order chi connectivity index (χ0) is 21.8. The molecule has 0 unspecified atom stereocenters. The molecule has 3 aromatic carbocycles. The van der Waals surface area contributed by atoms with E-state index in [0.29, 0.717) is 17.0 Å². The third-order valence-corrected chi connectivity index (χ3v) is 9.57. The summed E-state index contributed by atoms with van der Waals surface area (Å²) in [5, 5.41) is 9.09. The first-order valence-electron chi connectivity index (χ1n) is 11.0. The van der Waals surface area contributed by atoms with Crippen molar-refractivity contribution >= 4 is 8.80 Å². The third kappa shape index (κ3) is 4.62. The Morgan fingerprint density at radius 1 is 0.903 bits per heavy atom. The van der Waals surface area contributed by atoms with Gasteiger partial charge in [-0.05, 0) is 59.2 Å². The van der Waals surface area contributed by atoms with Gasteiger partial charge in [0, 0.05) is 14.4 Å². The van der Waals surface area contributed by atoms with E-state index in [1.807, 2.05) is 18.2 Å². The Bertz CT molecular complexity index is 1110. The van der Waals surface area contributed by atoms with Crippen LogP contribution < -0.4 is 0 Å². The molecule has 4 heteroatoms. The molecule has 3 aromatic rings. The van der Waals surface area contributed by atoms with Gasteiger partial charge in [0.1, 0.15) is 17.7 Å². The molecule has 4 rings (SSSR count). The summed E-state index contributed by atoms with van der Waals surface area (Å²) in [6.07, 6.45) is 3.69. The Balaban J connectivity index is 1.76. The van der Waals surface area contributed by atoms with Crippen LogP contribution in [0.5, 0.6) is 0 Å². The fourth-order valence-electron chi connectivity index (χ4n) is 4.71. The van der Waals surface area contributed by atoms with Crippen LogP contribution in [0.1, 0.15) is 43.2 Å². The molecule has 1 aliphatic rings. The molecule has 0 N–H and O–H groups in total. The highest BCUT2D eigenvalue weighted by atomic mass is 28.3. The van der Waals surface area contributed by atoms with Gasteiger partial charge in [0.05, 0.1) is 5.56 Å². The second kappa shape index (κ2) is 9.57. The van der Waals surface area contributed by atoms with Crippen LogP contribution in [0.3, 0.4) is 0 Å². The summed E-state index contributed by atoms with van der Waals surface area (Å²) in [4.78, 5) is 0. The SMILES string of the molecule is CCC[Si]1CCC(c2ccc(-c3ccccc3F)c(-c3ccc(C#N)c(F)c3)c2)CC1. The minimum atomic E-state index is -0.547. The van der Waals surface area contributed by atoms with Crippen LogP contribution >= 0.6 is 0 Å². The van der Waals surface area contributed by atoms with Gasteiger partial charge in [-0.25, -0.2) is 8.78 Å². The number of hydrogen-bond acceptors (Lipinski definition) is 1. The van der Waals surface area contributed by atoms with Crippen molar-refractivity contribution in [3.05, 3.63) is 83.4 Å². The standard InChI is InChI=1S/C27H26F2NSi/c1-2-13-31-14-11-19(12-15-31)20-9-10-23(24-5-3-4-6-26(24)28)25(16-20)21-7-8-22(18-30)27(29)17-21/h3-10,16-17,19H,2,11-15H2,1H3. The molecule has 0 bridgehead atoms. The Morgan fingerprint density at radius 2 is 1.68 bits per heavy atom. The topological polar surface area (TPSA) is 23.8 Å². The second-order valence-corrected chi connectivity index (χ2v) is 11.4. The number of halogens is 2. The molecule has 0 aliphatic carbocycles. The number of hydrogen-bond donors (Lipinski definition) is 0. The van der Waals surface area contributed by atoms with Gasteiger partial charge in [0.2, 0.25) is 0 Å². The van der Waals surface area contributed by atoms with Crippen LogP contribution in [0, 0.1) is 23.0 Å². The molecule has 1 nitrogen and oxygen atoms in total. The van der Waals surface area contributed by atoms with Gasteiger partial charge in [-0.1, -0.05) is 73.9 Å². The van der Waals surface area contributed by atoms with Gasteiger partial charge in [-0.2, -0.15) is 5.26 Å². The third-order valence-electron chi connectivity index (χ3n) is 6.38. The molecule has 0 atom stereocenters. The van der Waals surface area contributed by atoms with Gasteiger partial charge in [0.15, 0.2) is 0 Å². The molecule has 1 aliphatic heterocycles. The summed E-state index contributed by atoms with van der Waals surface area (Å²) in [5.74, 6) is -0.341. The van der Waals surface area contributed by atoms with E-state index in [4.69, 9.17) is 5.26 Å². The molecule has 1 heterocycles. The average molecular weight is 431 g/mol. The highest BCUT2D eigenvalue weighted by Gasteiger charge is 2.24. The van der Waals surface area contributed by atoms with E-state index in [2.05, 4.69) is 19.1 Å². The summed E-state index contributed by atoms with van der Waals surface area (Å²) in [6.45, 7) is 2.27. The largest absolute Gasteiger partial charge is 0.206 e. The van der Waals surface area contributed by atoms with Crippen LogP contribution in [0.25, 0.3) is 22.3 Å². The maximum Gasteiger partial charge on any atom is 0.141 e. The van der Waals surface area contributed by atoms with Crippen LogP contribution in [0.4, 0.5) is 8.78 Å². The van der Waals surface area contributed by atoms with Gasteiger partial charge < -0.3 is 0 Å². The quantitative estimate of drug-likeness (QED) is 0.377. The van der Waals surface area contributed by atoms with E-state index in [9.17, 15) is 8.78 Å². The van der Waals surface area contributed by atoms with E-state index >= 15 is 0 Å². The maximum absolute atomic E-state index is 14.6. The molecule has 1 saturated heterocycles. The van der Waals surface area contributed by atoms with E-state index < -0.39 is 5.82 Å². The lowest BCUT2D eigenvalue weighted by molar-refractivity contribution is 0.606. The van der Waals surface area contributed by atoms with Crippen molar-refractivity contribution in [2.75, 3.05) is 0 Å². The maximum atomic E-state index is 14.6. The smallest absolute Gasteiger partial charge is 0.141 e. The first kappa shape index (κ1) is 21.5. The minimum Gasteiger partial charge on any atom is -0.206 e. The molecule has 0 spiro atoms. The summed E-state index contributed by atoms with van der Waals surface area (Å²) in [7, 11) is -0.199. The Morgan fingerprint density at radius 3 is 2.35 bits per heavy atom. The Kier molecular flexibility index (Phi) is 6.63. The lowest BCUT2D eigenvalue weighted by atomic mass is 9.86. The number of nitrogens with zero attached hydrogens (tertiary/aromatic N) is 1. The second-order valence-electron chi connectivity index (χ2n) is 8.37. The lowest BCUT2D eigenvalue weighted by Gasteiger charge is -2.28. The number of rotatable bonds is 5. The minimum absolute atomic E-state index is 0.0187. The molecular weight excluding hydrogens is 404 g/mol. The predicted molar refractivity (Wildman–Crippen MR) is 124 cm³/mol. The van der Waals surface area contributed by atoms with Crippen LogP contribution in [0.15, 0.2) is 60.7 Å². The van der Waals surface area contributed by atoms with Crippen molar-refractivity contribution in [2.24, 2.45) is 0 Å². The molecule has 0 amide bonds. The molecule has 0 aromatic heterocycles. The summed E-state index contributed by atoms with van der Waals surface area (Å²) in [5.41, 5.74) is 4.00.